The van der Waals surface area contributed by atoms with Crippen molar-refractivity contribution in [3.05, 3.63) is 46.1 Å². The van der Waals surface area contributed by atoms with Crippen LogP contribution < -0.4 is 5.32 Å². The number of hydrogen-bond donors (Lipinski definition) is 2. The van der Waals surface area contributed by atoms with E-state index in [9.17, 15) is 14.7 Å². The summed E-state index contributed by atoms with van der Waals surface area (Å²) in [5.74, 6) is 0.307. The number of likely N-dealkylation sites (tertiary alicyclic amines) is 1. The zero-order valence-corrected chi connectivity index (χ0v) is 17.7. The maximum atomic E-state index is 13.6. The van der Waals surface area contributed by atoms with Gasteiger partial charge in [-0.05, 0) is 56.2 Å². The number of amides is 2. The number of anilines is 1. The summed E-state index contributed by atoms with van der Waals surface area (Å²) >= 11 is 1.47. The number of fused-ring (bicyclic) bond motifs is 1. The number of carbonyl (C=O) groups is 2. The van der Waals surface area contributed by atoms with Crippen LogP contribution in [0.25, 0.3) is 0 Å². The predicted molar refractivity (Wildman–Crippen MR) is 113 cm³/mol. The van der Waals surface area contributed by atoms with E-state index in [2.05, 4.69) is 24.1 Å². The molecule has 1 fully saturated rings. The van der Waals surface area contributed by atoms with Crippen LogP contribution in [0.5, 0.6) is 0 Å². The molecule has 1 aliphatic carbocycles. The highest BCUT2D eigenvalue weighted by Crippen LogP contribution is 2.40. The van der Waals surface area contributed by atoms with Gasteiger partial charge >= 0.3 is 0 Å². The summed E-state index contributed by atoms with van der Waals surface area (Å²) < 4.78 is 0. The fourth-order valence-electron chi connectivity index (χ4n) is 4.40. The van der Waals surface area contributed by atoms with Gasteiger partial charge in [0, 0.05) is 36.3 Å². The fraction of sp³-hybridized carbons (Fsp3) is 0.500. The summed E-state index contributed by atoms with van der Waals surface area (Å²) in [6.45, 7) is 5.04. The molecule has 3 heterocycles. The van der Waals surface area contributed by atoms with Crippen LogP contribution in [0.3, 0.4) is 0 Å². The van der Waals surface area contributed by atoms with Crippen LogP contribution in [-0.4, -0.2) is 45.5 Å². The van der Waals surface area contributed by atoms with Crippen molar-refractivity contribution in [1.29, 1.82) is 0 Å². The van der Waals surface area contributed by atoms with Crippen molar-refractivity contribution in [2.75, 3.05) is 11.9 Å². The molecular weight excluding hydrogens is 386 g/mol. The standard InChI is InChI=1S/C22H27N3O3S/c1-13-7-9-25(14(2)10-13)22(28)19-17-11-16(26)5-6-18(17)29-21(19)24-20(27)15-4-3-8-23-12-15/h3-4,8,12-14,16,26H,5-7,9-11H2,1-2H3,(H,24,27)/t13-,14-,16?/m0/s1. The smallest absolute Gasteiger partial charge is 0.257 e. The molecule has 2 amide bonds. The number of thiophene rings is 1. The summed E-state index contributed by atoms with van der Waals surface area (Å²) in [6, 6.07) is 3.58. The molecule has 2 aromatic heterocycles. The Labute approximate surface area is 175 Å². The van der Waals surface area contributed by atoms with E-state index >= 15 is 0 Å². The van der Waals surface area contributed by atoms with E-state index in [1.807, 2.05) is 4.90 Å². The topological polar surface area (TPSA) is 82.5 Å². The molecule has 0 radical (unpaired) electrons. The van der Waals surface area contributed by atoms with Gasteiger partial charge in [-0.2, -0.15) is 0 Å². The molecule has 4 rings (SSSR count). The first-order valence-electron chi connectivity index (χ1n) is 10.3. The highest BCUT2D eigenvalue weighted by Gasteiger charge is 2.34. The van der Waals surface area contributed by atoms with Gasteiger partial charge < -0.3 is 15.3 Å². The normalized spacial score (nSPS) is 24.1. The second kappa shape index (κ2) is 8.24. The molecule has 29 heavy (non-hydrogen) atoms. The number of piperidine rings is 1. The Balaban J connectivity index is 1.68. The average Bonchev–Trinajstić information content (AvgIpc) is 3.05. The van der Waals surface area contributed by atoms with Gasteiger partial charge in [0.25, 0.3) is 11.8 Å². The molecule has 7 heteroatoms. The molecule has 2 aromatic rings. The van der Waals surface area contributed by atoms with Crippen LogP contribution in [0.2, 0.25) is 0 Å². The van der Waals surface area contributed by atoms with E-state index < -0.39 is 6.10 Å². The SMILES string of the molecule is C[C@H]1CCN(C(=O)c2c(NC(=O)c3cccnc3)sc3c2CC(O)CC3)[C@@H](C)C1. The first-order valence-corrected chi connectivity index (χ1v) is 11.1. The van der Waals surface area contributed by atoms with Crippen LogP contribution in [0.4, 0.5) is 5.00 Å². The van der Waals surface area contributed by atoms with Gasteiger partial charge in [-0.15, -0.1) is 11.3 Å². The molecule has 1 aliphatic heterocycles. The maximum Gasteiger partial charge on any atom is 0.257 e. The van der Waals surface area contributed by atoms with Gasteiger partial charge in [-0.25, -0.2) is 0 Å². The number of rotatable bonds is 3. The molecule has 1 unspecified atom stereocenters. The number of hydrogen-bond acceptors (Lipinski definition) is 5. The lowest BCUT2D eigenvalue weighted by Gasteiger charge is -2.37. The second-order valence-electron chi connectivity index (χ2n) is 8.28. The van der Waals surface area contributed by atoms with Crippen molar-refractivity contribution in [1.82, 2.24) is 9.88 Å². The summed E-state index contributed by atoms with van der Waals surface area (Å²) in [6.07, 6.45) is 6.56. The van der Waals surface area contributed by atoms with E-state index in [0.717, 1.165) is 36.2 Å². The van der Waals surface area contributed by atoms with E-state index in [4.69, 9.17) is 0 Å². The summed E-state index contributed by atoms with van der Waals surface area (Å²) in [5.41, 5.74) is 1.94. The lowest BCUT2D eigenvalue weighted by atomic mass is 9.90. The van der Waals surface area contributed by atoms with E-state index in [1.54, 1.807) is 18.3 Å². The van der Waals surface area contributed by atoms with Crippen molar-refractivity contribution >= 4 is 28.2 Å². The van der Waals surface area contributed by atoms with Gasteiger partial charge in [0.1, 0.15) is 5.00 Å². The number of carbonyl (C=O) groups excluding carboxylic acids is 2. The number of aromatic nitrogens is 1. The van der Waals surface area contributed by atoms with Gasteiger partial charge in [0.2, 0.25) is 0 Å². The van der Waals surface area contributed by atoms with Crippen LogP contribution in [-0.2, 0) is 12.8 Å². The van der Waals surface area contributed by atoms with Crippen LogP contribution in [0.1, 0.15) is 64.3 Å². The zero-order chi connectivity index (χ0) is 20.5. The van der Waals surface area contributed by atoms with Crippen LogP contribution in [0.15, 0.2) is 24.5 Å². The third-order valence-electron chi connectivity index (χ3n) is 6.00. The number of aliphatic hydroxyl groups is 1. The summed E-state index contributed by atoms with van der Waals surface area (Å²) in [4.78, 5) is 33.3. The Bertz CT molecular complexity index is 912. The molecule has 1 saturated heterocycles. The fourth-order valence-corrected chi connectivity index (χ4v) is 5.64. The van der Waals surface area contributed by atoms with Crippen molar-refractivity contribution < 1.29 is 14.7 Å². The molecule has 2 aliphatic rings. The monoisotopic (exact) mass is 413 g/mol. The largest absolute Gasteiger partial charge is 0.393 e. The van der Waals surface area contributed by atoms with E-state index in [-0.39, 0.29) is 17.9 Å². The minimum atomic E-state index is -0.440. The molecule has 0 bridgehead atoms. The highest BCUT2D eigenvalue weighted by atomic mass is 32.1. The van der Waals surface area contributed by atoms with E-state index in [0.29, 0.717) is 34.9 Å². The van der Waals surface area contributed by atoms with Gasteiger partial charge in [0.15, 0.2) is 0 Å². The third-order valence-corrected chi connectivity index (χ3v) is 7.21. The first-order chi connectivity index (χ1) is 13.9. The average molecular weight is 414 g/mol. The number of aryl methyl sites for hydroxylation is 1. The number of nitrogens with one attached hydrogen (secondary N) is 1. The molecule has 154 valence electrons. The summed E-state index contributed by atoms with van der Waals surface area (Å²) in [5, 5.41) is 13.8. The second-order valence-corrected chi connectivity index (χ2v) is 9.38. The predicted octanol–water partition coefficient (Wildman–Crippen LogP) is 3.51. The lowest BCUT2D eigenvalue weighted by Crippen LogP contribution is -2.44. The van der Waals surface area contributed by atoms with Crippen molar-refractivity contribution in [2.24, 2.45) is 5.92 Å². The zero-order valence-electron chi connectivity index (χ0n) is 16.9. The Morgan fingerprint density at radius 2 is 2.14 bits per heavy atom. The van der Waals surface area contributed by atoms with Crippen LogP contribution >= 0.6 is 11.3 Å². The molecule has 0 aromatic carbocycles. The minimum absolute atomic E-state index is 0.0301. The highest BCUT2D eigenvalue weighted by molar-refractivity contribution is 7.17. The molecule has 0 spiro atoms. The van der Waals surface area contributed by atoms with Gasteiger partial charge in [-0.1, -0.05) is 6.92 Å². The van der Waals surface area contributed by atoms with Crippen molar-refractivity contribution in [3.63, 3.8) is 0 Å². The first kappa shape index (κ1) is 20.0. The number of aliphatic hydroxyl groups excluding tert-OH is 1. The molecule has 6 nitrogen and oxygen atoms in total. The van der Waals surface area contributed by atoms with Crippen molar-refractivity contribution in [3.8, 4) is 0 Å². The number of pyridine rings is 1. The molecule has 0 saturated carbocycles. The van der Waals surface area contributed by atoms with Gasteiger partial charge in [-0.3, -0.25) is 14.6 Å². The lowest BCUT2D eigenvalue weighted by molar-refractivity contribution is 0.0587. The Hall–Kier alpha value is -2.25. The summed E-state index contributed by atoms with van der Waals surface area (Å²) in [7, 11) is 0. The Kier molecular flexibility index (Phi) is 5.69. The Morgan fingerprint density at radius 1 is 1.31 bits per heavy atom. The Morgan fingerprint density at radius 3 is 2.86 bits per heavy atom. The maximum absolute atomic E-state index is 13.6. The number of nitrogens with zero attached hydrogens (tertiary/aromatic N) is 2. The molecular formula is C22H27N3O3S. The molecule has 2 N–H and O–H groups in total. The minimum Gasteiger partial charge on any atom is -0.393 e. The molecule has 3 atom stereocenters. The van der Waals surface area contributed by atoms with Crippen molar-refractivity contribution in [2.45, 2.75) is 58.1 Å². The van der Waals surface area contributed by atoms with E-state index in [1.165, 1.54) is 17.5 Å². The van der Waals surface area contributed by atoms with Gasteiger partial charge in [0.05, 0.1) is 17.2 Å². The van der Waals surface area contributed by atoms with Crippen LogP contribution in [0, 0.1) is 5.92 Å². The third kappa shape index (κ3) is 4.07. The quantitative estimate of drug-likeness (QED) is 0.807.